The Balaban J connectivity index is 2.39. The van der Waals surface area contributed by atoms with Crippen LogP contribution in [0.15, 0.2) is 18.2 Å². The molecule has 0 spiro atoms. The molecule has 0 radical (unpaired) electrons. The molecule has 0 amide bonds. The Kier molecular flexibility index (Phi) is 2.61. The summed E-state index contributed by atoms with van der Waals surface area (Å²) in [6, 6.07) is 3.67. The molecule has 1 aliphatic heterocycles. The summed E-state index contributed by atoms with van der Waals surface area (Å²) in [5, 5.41) is 12.8. The first-order valence-corrected chi connectivity index (χ1v) is 5.37. The van der Waals surface area contributed by atoms with Gasteiger partial charge in [0.2, 0.25) is 0 Å². The van der Waals surface area contributed by atoms with Gasteiger partial charge in [-0.05, 0) is 38.0 Å². The van der Waals surface area contributed by atoms with Crippen molar-refractivity contribution in [2.45, 2.75) is 38.1 Å². The maximum absolute atomic E-state index is 12.8. The average Bonchev–Trinajstić information content (AvgIpc) is 2.57. The lowest BCUT2D eigenvalue weighted by Gasteiger charge is -2.25. The first-order valence-electron chi connectivity index (χ1n) is 5.37. The van der Waals surface area contributed by atoms with Crippen molar-refractivity contribution < 1.29 is 18.3 Å². The fourth-order valence-corrected chi connectivity index (χ4v) is 2.08. The Labute approximate surface area is 97.5 Å². The highest BCUT2D eigenvalue weighted by Gasteiger charge is 2.40. The predicted molar refractivity (Wildman–Crippen MR) is 58.9 cm³/mol. The van der Waals surface area contributed by atoms with Crippen LogP contribution in [-0.2, 0) is 12.6 Å². The standard InChI is InChI=1S/C12H14F3NO/c1-11(2,17)10-6-7-8(12(13,14)15)4-3-5-9(7)16-10/h3-5,10,16-17H,6H2,1-2H3. The second-order valence-electron chi connectivity index (χ2n) is 4.88. The third kappa shape index (κ3) is 2.24. The van der Waals surface area contributed by atoms with E-state index in [0.29, 0.717) is 5.69 Å². The Morgan fingerprint density at radius 1 is 1.29 bits per heavy atom. The van der Waals surface area contributed by atoms with E-state index in [2.05, 4.69) is 5.32 Å². The van der Waals surface area contributed by atoms with Gasteiger partial charge in [-0.2, -0.15) is 13.2 Å². The van der Waals surface area contributed by atoms with Crippen molar-refractivity contribution in [3.63, 3.8) is 0 Å². The van der Waals surface area contributed by atoms with Crippen molar-refractivity contribution in [1.29, 1.82) is 0 Å². The summed E-state index contributed by atoms with van der Waals surface area (Å²) >= 11 is 0. The van der Waals surface area contributed by atoms with Crippen molar-refractivity contribution in [1.82, 2.24) is 0 Å². The van der Waals surface area contributed by atoms with Gasteiger partial charge in [0.05, 0.1) is 17.2 Å². The molecule has 2 nitrogen and oxygen atoms in total. The minimum atomic E-state index is -4.35. The molecule has 0 saturated carbocycles. The lowest BCUT2D eigenvalue weighted by atomic mass is 9.94. The number of fused-ring (bicyclic) bond motifs is 1. The Bertz CT molecular complexity index is 434. The van der Waals surface area contributed by atoms with Gasteiger partial charge in [0.15, 0.2) is 0 Å². The van der Waals surface area contributed by atoms with E-state index < -0.39 is 17.3 Å². The monoisotopic (exact) mass is 245 g/mol. The molecule has 0 bridgehead atoms. The number of halogens is 3. The van der Waals surface area contributed by atoms with Gasteiger partial charge in [-0.3, -0.25) is 0 Å². The molecule has 17 heavy (non-hydrogen) atoms. The fourth-order valence-electron chi connectivity index (χ4n) is 2.08. The van der Waals surface area contributed by atoms with Crippen LogP contribution in [0.2, 0.25) is 0 Å². The molecule has 0 aliphatic carbocycles. The second-order valence-corrected chi connectivity index (χ2v) is 4.88. The maximum atomic E-state index is 12.8. The smallest absolute Gasteiger partial charge is 0.388 e. The van der Waals surface area contributed by atoms with Crippen LogP contribution in [-0.4, -0.2) is 16.7 Å². The van der Waals surface area contributed by atoms with Crippen LogP contribution >= 0.6 is 0 Å². The van der Waals surface area contributed by atoms with E-state index in [4.69, 9.17) is 0 Å². The predicted octanol–water partition coefficient (Wildman–Crippen LogP) is 2.81. The zero-order valence-corrected chi connectivity index (χ0v) is 9.60. The number of aliphatic hydroxyl groups is 1. The van der Waals surface area contributed by atoms with Gasteiger partial charge < -0.3 is 10.4 Å². The molecule has 94 valence electrons. The molecule has 0 fully saturated rings. The highest BCUT2D eigenvalue weighted by molar-refractivity contribution is 5.61. The SMILES string of the molecule is CC(C)(O)C1Cc2c(cccc2C(F)(F)F)N1. The Morgan fingerprint density at radius 3 is 2.47 bits per heavy atom. The van der Waals surface area contributed by atoms with Crippen LogP contribution in [0.3, 0.4) is 0 Å². The van der Waals surface area contributed by atoms with E-state index in [1.807, 2.05) is 0 Å². The van der Waals surface area contributed by atoms with Crippen LogP contribution in [0.4, 0.5) is 18.9 Å². The number of anilines is 1. The molecule has 1 heterocycles. The number of rotatable bonds is 1. The van der Waals surface area contributed by atoms with Crippen molar-refractivity contribution in [3.8, 4) is 0 Å². The summed E-state index contributed by atoms with van der Waals surface area (Å²) in [5.74, 6) is 0. The van der Waals surface area contributed by atoms with E-state index in [0.717, 1.165) is 6.07 Å². The van der Waals surface area contributed by atoms with Crippen LogP contribution in [0.1, 0.15) is 25.0 Å². The molecular formula is C12H14F3NO. The van der Waals surface area contributed by atoms with Gasteiger partial charge in [-0.1, -0.05) is 6.07 Å². The molecule has 1 aromatic rings. The molecule has 1 unspecified atom stereocenters. The van der Waals surface area contributed by atoms with Crippen molar-refractivity contribution in [2.24, 2.45) is 0 Å². The van der Waals surface area contributed by atoms with Gasteiger partial charge in [-0.15, -0.1) is 0 Å². The number of hydrogen-bond donors (Lipinski definition) is 2. The molecule has 1 aliphatic rings. The topological polar surface area (TPSA) is 32.3 Å². The fraction of sp³-hybridized carbons (Fsp3) is 0.500. The summed E-state index contributed by atoms with van der Waals surface area (Å²) in [5.41, 5.74) is -0.963. The molecule has 1 aromatic carbocycles. The van der Waals surface area contributed by atoms with Gasteiger partial charge in [0, 0.05) is 5.69 Å². The Hall–Kier alpha value is -1.23. The van der Waals surface area contributed by atoms with Gasteiger partial charge >= 0.3 is 6.18 Å². The molecule has 2 N–H and O–H groups in total. The number of hydrogen-bond acceptors (Lipinski definition) is 2. The van der Waals surface area contributed by atoms with E-state index in [9.17, 15) is 18.3 Å². The molecule has 0 aromatic heterocycles. The number of benzene rings is 1. The minimum absolute atomic E-state index is 0.189. The summed E-state index contributed by atoms with van der Waals surface area (Å²) in [4.78, 5) is 0. The van der Waals surface area contributed by atoms with Crippen LogP contribution in [0, 0.1) is 0 Å². The third-order valence-electron chi connectivity index (χ3n) is 3.07. The highest BCUT2D eigenvalue weighted by Crippen LogP contribution is 2.40. The third-order valence-corrected chi connectivity index (χ3v) is 3.07. The highest BCUT2D eigenvalue weighted by atomic mass is 19.4. The zero-order valence-electron chi connectivity index (χ0n) is 9.60. The summed E-state index contributed by atoms with van der Waals surface area (Å²) in [6.45, 7) is 3.17. The quantitative estimate of drug-likeness (QED) is 0.797. The van der Waals surface area contributed by atoms with Gasteiger partial charge in [0.25, 0.3) is 0 Å². The van der Waals surface area contributed by atoms with Crippen molar-refractivity contribution >= 4 is 5.69 Å². The summed E-state index contributed by atoms with van der Waals surface area (Å²) in [7, 11) is 0. The van der Waals surface area contributed by atoms with Crippen LogP contribution < -0.4 is 5.32 Å². The van der Waals surface area contributed by atoms with Crippen LogP contribution in [0.5, 0.6) is 0 Å². The van der Waals surface area contributed by atoms with E-state index in [-0.39, 0.29) is 18.0 Å². The zero-order chi connectivity index (χ0) is 12.8. The minimum Gasteiger partial charge on any atom is -0.388 e. The lowest BCUT2D eigenvalue weighted by Crippen LogP contribution is -2.40. The first-order chi connectivity index (χ1) is 7.69. The maximum Gasteiger partial charge on any atom is 0.416 e. The van der Waals surface area contributed by atoms with Crippen molar-refractivity contribution in [3.05, 3.63) is 29.3 Å². The molecule has 0 saturated heterocycles. The molecule has 2 rings (SSSR count). The van der Waals surface area contributed by atoms with E-state index in [1.165, 1.54) is 6.07 Å². The molecular weight excluding hydrogens is 231 g/mol. The summed E-state index contributed by atoms with van der Waals surface area (Å²) < 4.78 is 38.3. The largest absolute Gasteiger partial charge is 0.416 e. The summed E-state index contributed by atoms with van der Waals surface area (Å²) in [6.07, 6.45) is -4.16. The number of nitrogens with one attached hydrogen (secondary N) is 1. The van der Waals surface area contributed by atoms with Gasteiger partial charge in [0.1, 0.15) is 0 Å². The van der Waals surface area contributed by atoms with Gasteiger partial charge in [-0.25, -0.2) is 0 Å². The lowest BCUT2D eigenvalue weighted by molar-refractivity contribution is -0.138. The van der Waals surface area contributed by atoms with E-state index in [1.54, 1.807) is 19.9 Å². The average molecular weight is 245 g/mol. The first kappa shape index (κ1) is 12.2. The van der Waals surface area contributed by atoms with Crippen molar-refractivity contribution in [2.75, 3.05) is 5.32 Å². The van der Waals surface area contributed by atoms with Crippen LogP contribution in [0.25, 0.3) is 0 Å². The normalized spacial score (nSPS) is 20.0. The Morgan fingerprint density at radius 2 is 1.94 bits per heavy atom. The van der Waals surface area contributed by atoms with E-state index >= 15 is 0 Å². The second kappa shape index (κ2) is 3.63. The number of alkyl halides is 3. The molecule has 5 heteroatoms. The molecule has 1 atom stereocenters.